The smallest absolute Gasteiger partial charge is 0.355 e. The van der Waals surface area contributed by atoms with Crippen LogP contribution in [-0.2, 0) is 16.1 Å². The van der Waals surface area contributed by atoms with Gasteiger partial charge in [0.1, 0.15) is 11.5 Å². The number of carbonyl (C=O) groups excluding carboxylic acids is 2. The molecule has 4 aliphatic rings. The summed E-state index contributed by atoms with van der Waals surface area (Å²) in [5.41, 5.74) is 1.07. The van der Waals surface area contributed by atoms with Gasteiger partial charge in [-0.1, -0.05) is 12.1 Å². The molecule has 0 saturated heterocycles. The maximum atomic E-state index is 13.4. The minimum absolute atomic E-state index is 0.166. The van der Waals surface area contributed by atoms with Crippen molar-refractivity contribution >= 4 is 11.9 Å². The molecule has 4 saturated carbocycles. The van der Waals surface area contributed by atoms with Crippen molar-refractivity contribution in [3.63, 3.8) is 0 Å². The lowest BCUT2D eigenvalue weighted by atomic mass is 9.52. The van der Waals surface area contributed by atoms with Gasteiger partial charge in [-0.25, -0.2) is 9.18 Å². The molecule has 30 heavy (non-hydrogen) atoms. The van der Waals surface area contributed by atoms with E-state index in [1.54, 1.807) is 30.5 Å². The highest BCUT2D eigenvalue weighted by molar-refractivity contribution is 5.89. The molecule has 6 rings (SSSR count). The molecule has 0 atom stereocenters. The predicted octanol–water partition coefficient (Wildman–Crippen LogP) is 4.31. The highest BCUT2D eigenvalue weighted by Gasteiger charge is 2.54. The first-order valence-corrected chi connectivity index (χ1v) is 10.9. The zero-order chi connectivity index (χ0) is 20.7. The third-order valence-corrected chi connectivity index (χ3v) is 7.28. The summed E-state index contributed by atoms with van der Waals surface area (Å²) in [5.74, 6) is 1.07. The standard InChI is InChI=1S/C24H27FN2O3/c25-20-5-3-16(4-6-20)14-27(22(28)15-30-23(29)21-2-1-7-26-21)24-11-17-8-18(12-24)10-19(9-17)13-24/h1-7,17-19,26H,8-15H2. The van der Waals surface area contributed by atoms with Crippen LogP contribution in [0.5, 0.6) is 0 Å². The highest BCUT2D eigenvalue weighted by atomic mass is 19.1. The van der Waals surface area contributed by atoms with Gasteiger partial charge < -0.3 is 14.6 Å². The Hall–Kier alpha value is -2.63. The van der Waals surface area contributed by atoms with E-state index in [0.717, 1.165) is 24.8 Å². The predicted molar refractivity (Wildman–Crippen MR) is 109 cm³/mol. The van der Waals surface area contributed by atoms with Crippen molar-refractivity contribution < 1.29 is 18.7 Å². The molecule has 0 unspecified atom stereocenters. The normalized spacial score (nSPS) is 29.0. The zero-order valence-corrected chi connectivity index (χ0v) is 17.0. The first-order chi connectivity index (χ1) is 14.5. The summed E-state index contributed by atoms with van der Waals surface area (Å²) in [7, 11) is 0. The number of hydrogen-bond acceptors (Lipinski definition) is 3. The van der Waals surface area contributed by atoms with Crippen LogP contribution in [-0.4, -0.2) is 33.9 Å². The van der Waals surface area contributed by atoms with E-state index in [9.17, 15) is 14.0 Å². The number of hydrogen-bond donors (Lipinski definition) is 1. The lowest BCUT2D eigenvalue weighted by Crippen LogP contribution is -2.61. The fourth-order valence-corrected chi connectivity index (χ4v) is 6.43. The number of aromatic nitrogens is 1. The number of ether oxygens (including phenoxy) is 1. The first-order valence-electron chi connectivity index (χ1n) is 10.9. The average Bonchev–Trinajstić information content (AvgIpc) is 3.25. The van der Waals surface area contributed by atoms with Gasteiger partial charge in [-0.3, -0.25) is 4.79 Å². The van der Waals surface area contributed by atoms with E-state index in [1.807, 2.05) is 4.90 Å². The Balaban J connectivity index is 1.37. The summed E-state index contributed by atoms with van der Waals surface area (Å²) in [6.45, 7) is 0.145. The van der Waals surface area contributed by atoms with Crippen molar-refractivity contribution in [3.8, 4) is 0 Å². The van der Waals surface area contributed by atoms with Gasteiger partial charge >= 0.3 is 5.97 Å². The molecule has 158 valence electrons. The molecule has 0 radical (unpaired) electrons. The molecule has 1 aromatic carbocycles. The monoisotopic (exact) mass is 410 g/mol. The Kier molecular flexibility index (Phi) is 4.88. The number of amides is 1. The van der Waals surface area contributed by atoms with Crippen LogP contribution in [0.1, 0.15) is 54.6 Å². The number of benzene rings is 1. The van der Waals surface area contributed by atoms with Crippen LogP contribution in [0.2, 0.25) is 0 Å². The number of esters is 1. The van der Waals surface area contributed by atoms with Crippen molar-refractivity contribution in [2.24, 2.45) is 17.8 Å². The SMILES string of the molecule is O=C(OCC(=O)N(Cc1ccc(F)cc1)C12CC3CC(CC(C3)C1)C2)c1ccc[nH]1. The van der Waals surface area contributed by atoms with Crippen LogP contribution in [0.3, 0.4) is 0 Å². The van der Waals surface area contributed by atoms with Crippen LogP contribution in [0.15, 0.2) is 42.6 Å². The third kappa shape index (κ3) is 3.64. The minimum Gasteiger partial charge on any atom is -0.451 e. The topological polar surface area (TPSA) is 62.4 Å². The van der Waals surface area contributed by atoms with Gasteiger partial charge in [0.2, 0.25) is 0 Å². The summed E-state index contributed by atoms with van der Waals surface area (Å²) < 4.78 is 18.7. The molecule has 6 heteroatoms. The summed E-state index contributed by atoms with van der Waals surface area (Å²) in [6, 6.07) is 9.69. The zero-order valence-electron chi connectivity index (χ0n) is 17.0. The lowest BCUT2D eigenvalue weighted by molar-refractivity contribution is -0.155. The van der Waals surface area contributed by atoms with Crippen molar-refractivity contribution in [1.82, 2.24) is 9.88 Å². The summed E-state index contributed by atoms with van der Waals surface area (Å²) in [4.78, 5) is 30.3. The quantitative estimate of drug-likeness (QED) is 0.722. The van der Waals surface area contributed by atoms with Crippen molar-refractivity contribution in [1.29, 1.82) is 0 Å². The fraction of sp³-hybridized carbons (Fsp3) is 0.500. The molecule has 1 amide bonds. The Morgan fingerprint density at radius 1 is 1.03 bits per heavy atom. The van der Waals surface area contributed by atoms with Gasteiger partial charge in [0.15, 0.2) is 6.61 Å². The minimum atomic E-state index is -0.527. The molecule has 1 aromatic heterocycles. The van der Waals surface area contributed by atoms with Crippen LogP contribution in [0.25, 0.3) is 0 Å². The summed E-state index contributed by atoms with van der Waals surface area (Å²) >= 11 is 0. The van der Waals surface area contributed by atoms with E-state index in [0.29, 0.717) is 30.0 Å². The third-order valence-electron chi connectivity index (χ3n) is 7.28. The second-order valence-electron chi connectivity index (χ2n) is 9.41. The molecular weight excluding hydrogens is 383 g/mol. The highest BCUT2D eigenvalue weighted by Crippen LogP contribution is 2.58. The van der Waals surface area contributed by atoms with Crippen molar-refractivity contribution in [3.05, 3.63) is 59.7 Å². The number of aromatic amines is 1. The van der Waals surface area contributed by atoms with Crippen molar-refractivity contribution in [2.75, 3.05) is 6.61 Å². The van der Waals surface area contributed by atoms with Gasteiger partial charge in [0, 0.05) is 18.3 Å². The lowest BCUT2D eigenvalue weighted by Gasteiger charge is -2.60. The maximum Gasteiger partial charge on any atom is 0.355 e. The number of nitrogens with one attached hydrogen (secondary N) is 1. The average molecular weight is 410 g/mol. The van der Waals surface area contributed by atoms with Crippen LogP contribution in [0.4, 0.5) is 4.39 Å². The van der Waals surface area contributed by atoms with Gasteiger partial charge in [-0.2, -0.15) is 0 Å². The van der Waals surface area contributed by atoms with E-state index in [2.05, 4.69) is 4.98 Å². The first kappa shape index (κ1) is 19.3. The molecule has 1 N–H and O–H groups in total. The van der Waals surface area contributed by atoms with Gasteiger partial charge in [0.25, 0.3) is 5.91 Å². The molecule has 1 heterocycles. The van der Waals surface area contributed by atoms with Crippen LogP contribution < -0.4 is 0 Å². The Morgan fingerprint density at radius 2 is 1.67 bits per heavy atom. The van der Waals surface area contributed by atoms with Crippen LogP contribution in [0, 0.1) is 23.6 Å². The molecular formula is C24H27FN2O3. The maximum absolute atomic E-state index is 13.4. The Morgan fingerprint density at radius 3 is 2.23 bits per heavy atom. The van der Waals surface area contributed by atoms with Gasteiger partial charge in [-0.15, -0.1) is 0 Å². The van der Waals surface area contributed by atoms with E-state index >= 15 is 0 Å². The van der Waals surface area contributed by atoms with E-state index < -0.39 is 5.97 Å². The number of nitrogens with zero attached hydrogens (tertiary/aromatic N) is 1. The van der Waals surface area contributed by atoms with E-state index in [-0.39, 0.29) is 23.9 Å². The number of rotatable bonds is 6. The summed E-state index contributed by atoms with van der Waals surface area (Å²) in [5, 5.41) is 0. The Bertz CT molecular complexity index is 887. The summed E-state index contributed by atoms with van der Waals surface area (Å²) in [6.07, 6.45) is 8.55. The van der Waals surface area contributed by atoms with Gasteiger partial charge in [-0.05, 0) is 86.1 Å². The molecule has 4 fully saturated rings. The molecule has 5 nitrogen and oxygen atoms in total. The number of H-pyrrole nitrogens is 1. The molecule has 4 aliphatic carbocycles. The molecule has 0 spiro atoms. The number of halogens is 1. The second-order valence-corrected chi connectivity index (χ2v) is 9.41. The molecule has 2 aromatic rings. The molecule has 0 aliphatic heterocycles. The van der Waals surface area contributed by atoms with Crippen LogP contribution >= 0.6 is 0 Å². The fourth-order valence-electron chi connectivity index (χ4n) is 6.43. The van der Waals surface area contributed by atoms with E-state index in [4.69, 9.17) is 4.74 Å². The largest absolute Gasteiger partial charge is 0.451 e. The Labute approximate surface area is 175 Å². The molecule has 4 bridgehead atoms. The second kappa shape index (κ2) is 7.56. The van der Waals surface area contributed by atoms with Gasteiger partial charge in [0.05, 0.1) is 0 Å². The number of carbonyl (C=O) groups is 2. The van der Waals surface area contributed by atoms with Crippen molar-refractivity contribution in [2.45, 2.75) is 50.6 Å². The van der Waals surface area contributed by atoms with E-state index in [1.165, 1.54) is 31.4 Å².